The summed E-state index contributed by atoms with van der Waals surface area (Å²) < 4.78 is 18.4. The molecule has 130 valence electrons. The van der Waals surface area contributed by atoms with Gasteiger partial charge in [-0.3, -0.25) is 4.79 Å². The minimum Gasteiger partial charge on any atom is -0.452 e. The summed E-state index contributed by atoms with van der Waals surface area (Å²) in [6.45, 7) is -0.492. The molecule has 0 aromatic heterocycles. The fraction of sp³-hybridized carbons (Fsp3) is 0.0476. The summed E-state index contributed by atoms with van der Waals surface area (Å²) in [7, 11) is 0. The summed E-state index contributed by atoms with van der Waals surface area (Å²) in [5.41, 5.74) is 2.39. The average molecular weight is 349 g/mol. The lowest BCUT2D eigenvalue weighted by atomic mass is 10.0. The maximum absolute atomic E-state index is 13.5. The zero-order valence-electron chi connectivity index (χ0n) is 13.8. The third-order valence-electron chi connectivity index (χ3n) is 3.71. The second-order valence-electron chi connectivity index (χ2n) is 5.55. The molecule has 0 heterocycles. The number of benzene rings is 3. The molecule has 0 aliphatic rings. The average Bonchev–Trinajstić information content (AvgIpc) is 2.69. The van der Waals surface area contributed by atoms with Gasteiger partial charge in [-0.25, -0.2) is 9.18 Å². The monoisotopic (exact) mass is 349 g/mol. The van der Waals surface area contributed by atoms with E-state index in [4.69, 9.17) is 4.74 Å². The van der Waals surface area contributed by atoms with E-state index in [-0.39, 0.29) is 5.69 Å². The number of hydrogen-bond acceptors (Lipinski definition) is 3. The second kappa shape index (κ2) is 8.07. The third kappa shape index (κ3) is 4.33. The van der Waals surface area contributed by atoms with Crippen molar-refractivity contribution in [1.82, 2.24) is 0 Å². The Balaban J connectivity index is 1.56. The van der Waals surface area contributed by atoms with Gasteiger partial charge in [0, 0.05) is 0 Å². The van der Waals surface area contributed by atoms with Crippen LogP contribution in [0.5, 0.6) is 0 Å². The first-order valence-corrected chi connectivity index (χ1v) is 8.00. The molecule has 0 radical (unpaired) electrons. The molecule has 5 heteroatoms. The molecule has 0 saturated carbocycles. The number of esters is 1. The van der Waals surface area contributed by atoms with E-state index in [0.29, 0.717) is 5.56 Å². The van der Waals surface area contributed by atoms with Crippen molar-refractivity contribution < 1.29 is 18.7 Å². The van der Waals surface area contributed by atoms with Gasteiger partial charge < -0.3 is 10.1 Å². The number of rotatable bonds is 5. The molecule has 0 aliphatic heterocycles. The van der Waals surface area contributed by atoms with E-state index < -0.39 is 24.3 Å². The number of nitrogens with one attached hydrogen (secondary N) is 1. The number of carbonyl (C=O) groups is 2. The number of halogens is 1. The summed E-state index contributed by atoms with van der Waals surface area (Å²) in [5.74, 6) is -1.78. The van der Waals surface area contributed by atoms with Crippen molar-refractivity contribution in [3.05, 3.63) is 90.2 Å². The molecule has 0 bridgehead atoms. The minimum atomic E-state index is -0.617. The molecule has 1 N–H and O–H groups in total. The van der Waals surface area contributed by atoms with Crippen molar-refractivity contribution in [3.63, 3.8) is 0 Å². The molecule has 0 spiro atoms. The zero-order chi connectivity index (χ0) is 18.4. The number of anilines is 1. The van der Waals surface area contributed by atoms with Gasteiger partial charge in [-0.1, -0.05) is 54.6 Å². The van der Waals surface area contributed by atoms with Gasteiger partial charge in [0.05, 0.1) is 11.3 Å². The van der Waals surface area contributed by atoms with E-state index in [1.54, 1.807) is 18.2 Å². The molecule has 1 amide bonds. The Labute approximate surface area is 150 Å². The highest BCUT2D eigenvalue weighted by Crippen LogP contribution is 2.19. The maximum Gasteiger partial charge on any atom is 0.338 e. The van der Waals surface area contributed by atoms with Crippen LogP contribution in [-0.2, 0) is 9.53 Å². The van der Waals surface area contributed by atoms with Gasteiger partial charge in [-0.05, 0) is 35.4 Å². The standard InChI is InChI=1S/C21H16FNO3/c22-18-8-4-5-9-19(18)23-20(24)14-26-21(25)17-12-10-16(11-13-17)15-6-2-1-3-7-15/h1-13H,14H2,(H,23,24). The highest BCUT2D eigenvalue weighted by atomic mass is 19.1. The van der Waals surface area contributed by atoms with Gasteiger partial charge in [0.15, 0.2) is 6.61 Å². The van der Waals surface area contributed by atoms with Gasteiger partial charge >= 0.3 is 5.97 Å². The molecular formula is C21H16FNO3. The Kier molecular flexibility index (Phi) is 5.39. The van der Waals surface area contributed by atoms with Crippen LogP contribution in [-0.4, -0.2) is 18.5 Å². The van der Waals surface area contributed by atoms with Crippen molar-refractivity contribution in [3.8, 4) is 11.1 Å². The van der Waals surface area contributed by atoms with E-state index in [1.807, 2.05) is 42.5 Å². The van der Waals surface area contributed by atoms with E-state index in [1.165, 1.54) is 18.2 Å². The van der Waals surface area contributed by atoms with Gasteiger partial charge in [0.2, 0.25) is 0 Å². The van der Waals surface area contributed by atoms with E-state index in [9.17, 15) is 14.0 Å². The van der Waals surface area contributed by atoms with Gasteiger partial charge in [0.25, 0.3) is 5.91 Å². The predicted molar refractivity (Wildman–Crippen MR) is 97.2 cm³/mol. The van der Waals surface area contributed by atoms with Crippen LogP contribution in [0.15, 0.2) is 78.9 Å². The van der Waals surface area contributed by atoms with Crippen molar-refractivity contribution in [1.29, 1.82) is 0 Å². The lowest BCUT2D eigenvalue weighted by molar-refractivity contribution is -0.119. The van der Waals surface area contributed by atoms with Crippen LogP contribution < -0.4 is 5.32 Å². The molecule has 0 atom stereocenters. The fourth-order valence-electron chi connectivity index (χ4n) is 2.39. The van der Waals surface area contributed by atoms with Gasteiger partial charge in [0.1, 0.15) is 5.82 Å². The number of para-hydroxylation sites is 1. The summed E-state index contributed by atoms with van der Waals surface area (Å²) >= 11 is 0. The Morgan fingerprint density at radius 1 is 0.808 bits per heavy atom. The van der Waals surface area contributed by atoms with Gasteiger partial charge in [-0.2, -0.15) is 0 Å². The smallest absolute Gasteiger partial charge is 0.338 e. The van der Waals surface area contributed by atoms with Crippen molar-refractivity contribution >= 4 is 17.6 Å². The van der Waals surface area contributed by atoms with Crippen LogP contribution >= 0.6 is 0 Å². The highest BCUT2D eigenvalue weighted by Gasteiger charge is 2.12. The van der Waals surface area contributed by atoms with Crippen LogP contribution in [0, 0.1) is 5.82 Å². The normalized spacial score (nSPS) is 10.2. The Hall–Kier alpha value is -3.47. The highest BCUT2D eigenvalue weighted by molar-refractivity contribution is 5.95. The van der Waals surface area contributed by atoms with E-state index >= 15 is 0 Å². The minimum absolute atomic E-state index is 0.0424. The molecule has 3 rings (SSSR count). The lowest BCUT2D eigenvalue weighted by Crippen LogP contribution is -2.21. The third-order valence-corrected chi connectivity index (χ3v) is 3.71. The van der Waals surface area contributed by atoms with Gasteiger partial charge in [-0.15, -0.1) is 0 Å². The molecule has 26 heavy (non-hydrogen) atoms. The largest absolute Gasteiger partial charge is 0.452 e. The Morgan fingerprint density at radius 3 is 2.12 bits per heavy atom. The van der Waals surface area contributed by atoms with Crippen LogP contribution in [0.2, 0.25) is 0 Å². The van der Waals surface area contributed by atoms with Crippen molar-refractivity contribution in [2.24, 2.45) is 0 Å². The second-order valence-corrected chi connectivity index (χ2v) is 5.55. The van der Waals surface area contributed by atoms with Crippen LogP contribution in [0.1, 0.15) is 10.4 Å². The lowest BCUT2D eigenvalue weighted by Gasteiger charge is -2.08. The number of ether oxygens (including phenoxy) is 1. The first-order chi connectivity index (χ1) is 12.6. The molecule has 0 aliphatic carbocycles. The zero-order valence-corrected chi connectivity index (χ0v) is 13.8. The summed E-state index contributed by atoms with van der Waals surface area (Å²) in [6, 6.07) is 22.4. The molecular weight excluding hydrogens is 333 g/mol. The Bertz CT molecular complexity index is 908. The summed E-state index contributed by atoms with van der Waals surface area (Å²) in [4.78, 5) is 23.8. The fourth-order valence-corrected chi connectivity index (χ4v) is 2.39. The molecule has 0 saturated heterocycles. The number of hydrogen-bond donors (Lipinski definition) is 1. The topological polar surface area (TPSA) is 55.4 Å². The summed E-state index contributed by atoms with van der Waals surface area (Å²) in [5, 5.41) is 2.36. The van der Waals surface area contributed by atoms with Crippen LogP contribution in [0.4, 0.5) is 10.1 Å². The summed E-state index contributed by atoms with van der Waals surface area (Å²) in [6.07, 6.45) is 0. The predicted octanol–water partition coefficient (Wildman–Crippen LogP) is 4.29. The first kappa shape index (κ1) is 17.4. The van der Waals surface area contributed by atoms with Crippen molar-refractivity contribution in [2.45, 2.75) is 0 Å². The number of carbonyl (C=O) groups excluding carboxylic acids is 2. The van der Waals surface area contributed by atoms with E-state index in [2.05, 4.69) is 5.32 Å². The SMILES string of the molecule is O=C(COC(=O)c1ccc(-c2ccccc2)cc1)Nc1ccccc1F. The van der Waals surface area contributed by atoms with E-state index in [0.717, 1.165) is 11.1 Å². The van der Waals surface area contributed by atoms with Crippen molar-refractivity contribution in [2.75, 3.05) is 11.9 Å². The Morgan fingerprint density at radius 2 is 1.42 bits per heavy atom. The van der Waals surface area contributed by atoms with Crippen LogP contribution in [0.25, 0.3) is 11.1 Å². The number of amides is 1. The molecule has 0 unspecified atom stereocenters. The quantitative estimate of drug-likeness (QED) is 0.699. The van der Waals surface area contributed by atoms with Crippen LogP contribution in [0.3, 0.4) is 0 Å². The molecule has 3 aromatic rings. The first-order valence-electron chi connectivity index (χ1n) is 8.00. The molecule has 4 nitrogen and oxygen atoms in total. The maximum atomic E-state index is 13.5. The molecule has 0 fully saturated rings. The molecule has 3 aromatic carbocycles.